The van der Waals surface area contributed by atoms with Gasteiger partial charge in [0, 0.05) is 29.2 Å². The summed E-state index contributed by atoms with van der Waals surface area (Å²) < 4.78 is 1.53. The second kappa shape index (κ2) is 3.03. The molecule has 0 fully saturated rings. The number of pyridine rings is 1. The van der Waals surface area contributed by atoms with Gasteiger partial charge >= 0.3 is 0 Å². The summed E-state index contributed by atoms with van der Waals surface area (Å²) in [6.45, 7) is 0. The molecule has 1 aromatic carbocycles. The molecule has 3 nitrogen and oxygen atoms in total. The molecule has 4 heteroatoms. The van der Waals surface area contributed by atoms with Gasteiger partial charge in [-0.3, -0.25) is 4.79 Å². The monoisotopic (exact) mass is 208 g/mol. The lowest BCUT2D eigenvalue weighted by Crippen LogP contribution is -2.16. The Morgan fingerprint density at radius 3 is 2.79 bits per heavy atom. The summed E-state index contributed by atoms with van der Waals surface area (Å²) in [6.07, 6.45) is 0. The lowest BCUT2D eigenvalue weighted by atomic mass is 10.2. The van der Waals surface area contributed by atoms with E-state index in [4.69, 9.17) is 17.3 Å². The topological polar surface area (TPSA) is 48.0 Å². The summed E-state index contributed by atoms with van der Waals surface area (Å²) >= 11 is 5.84. The van der Waals surface area contributed by atoms with Gasteiger partial charge in [-0.05, 0) is 18.2 Å². The minimum Gasteiger partial charge on any atom is -0.398 e. The average Bonchev–Trinajstić information content (AvgIpc) is 2.14. The number of fused-ring (bicyclic) bond motifs is 1. The quantitative estimate of drug-likeness (QED) is 0.718. The molecule has 0 aliphatic rings. The summed E-state index contributed by atoms with van der Waals surface area (Å²) in [5.74, 6) is 0. The van der Waals surface area contributed by atoms with E-state index in [0.29, 0.717) is 10.7 Å². The number of nitrogen functional groups attached to an aromatic ring is 1. The highest BCUT2D eigenvalue weighted by Gasteiger charge is 2.03. The van der Waals surface area contributed by atoms with Crippen molar-refractivity contribution in [3.05, 3.63) is 39.6 Å². The number of nitrogens with two attached hydrogens (primary N) is 1. The van der Waals surface area contributed by atoms with E-state index in [-0.39, 0.29) is 5.56 Å². The third-order valence-corrected chi connectivity index (χ3v) is 2.48. The van der Waals surface area contributed by atoms with Gasteiger partial charge in [-0.25, -0.2) is 0 Å². The van der Waals surface area contributed by atoms with Crippen molar-refractivity contribution in [1.82, 2.24) is 4.57 Å². The van der Waals surface area contributed by atoms with Crippen LogP contribution in [0.4, 0.5) is 5.69 Å². The minimum atomic E-state index is -0.128. The lowest BCUT2D eigenvalue weighted by molar-refractivity contribution is 0.907. The fourth-order valence-corrected chi connectivity index (χ4v) is 1.62. The van der Waals surface area contributed by atoms with Crippen LogP contribution in [0.3, 0.4) is 0 Å². The van der Waals surface area contributed by atoms with Crippen LogP contribution in [0.5, 0.6) is 0 Å². The van der Waals surface area contributed by atoms with Crippen molar-refractivity contribution in [2.45, 2.75) is 0 Å². The summed E-state index contributed by atoms with van der Waals surface area (Å²) in [4.78, 5) is 11.4. The van der Waals surface area contributed by atoms with Crippen molar-refractivity contribution in [2.24, 2.45) is 7.05 Å². The first-order chi connectivity index (χ1) is 6.59. The van der Waals surface area contributed by atoms with Crippen LogP contribution in [0.2, 0.25) is 5.02 Å². The third-order valence-electron chi connectivity index (χ3n) is 2.24. The van der Waals surface area contributed by atoms with Crippen molar-refractivity contribution < 1.29 is 0 Å². The molecule has 0 aliphatic carbocycles. The number of aryl methyl sites for hydroxylation is 1. The summed E-state index contributed by atoms with van der Waals surface area (Å²) in [5, 5.41) is 1.44. The highest BCUT2D eigenvalue weighted by atomic mass is 35.5. The maximum Gasteiger partial charge on any atom is 0.252 e. The lowest BCUT2D eigenvalue weighted by Gasteiger charge is -2.06. The molecule has 0 saturated heterocycles. The van der Waals surface area contributed by atoms with Crippen LogP contribution in [0, 0.1) is 0 Å². The van der Waals surface area contributed by atoms with Crippen LogP contribution < -0.4 is 11.3 Å². The molecule has 0 unspecified atom stereocenters. The predicted octanol–water partition coefficient (Wildman–Crippen LogP) is 1.77. The van der Waals surface area contributed by atoms with Gasteiger partial charge in [0.15, 0.2) is 0 Å². The van der Waals surface area contributed by atoms with Gasteiger partial charge in [0.25, 0.3) is 5.56 Å². The number of anilines is 1. The molecule has 2 N–H and O–H groups in total. The van der Waals surface area contributed by atoms with Crippen molar-refractivity contribution >= 4 is 28.2 Å². The van der Waals surface area contributed by atoms with Gasteiger partial charge in [-0.2, -0.15) is 0 Å². The van der Waals surface area contributed by atoms with Crippen LogP contribution in [0.1, 0.15) is 0 Å². The van der Waals surface area contributed by atoms with Crippen LogP contribution in [-0.4, -0.2) is 4.57 Å². The zero-order chi connectivity index (χ0) is 10.3. The fourth-order valence-electron chi connectivity index (χ4n) is 1.45. The third kappa shape index (κ3) is 1.26. The molecule has 2 rings (SSSR count). The van der Waals surface area contributed by atoms with E-state index >= 15 is 0 Å². The van der Waals surface area contributed by atoms with Crippen molar-refractivity contribution in [3.63, 3.8) is 0 Å². The molecule has 2 aromatic rings. The van der Waals surface area contributed by atoms with Gasteiger partial charge < -0.3 is 10.3 Å². The van der Waals surface area contributed by atoms with Gasteiger partial charge in [0.1, 0.15) is 0 Å². The van der Waals surface area contributed by atoms with Gasteiger partial charge in [0.05, 0.1) is 5.52 Å². The Labute approximate surface area is 85.7 Å². The molecule has 1 aromatic heterocycles. The molecule has 0 aliphatic heterocycles. The number of aromatic nitrogens is 1. The van der Waals surface area contributed by atoms with E-state index in [1.54, 1.807) is 19.2 Å². The van der Waals surface area contributed by atoms with E-state index in [2.05, 4.69) is 0 Å². The maximum absolute atomic E-state index is 11.4. The van der Waals surface area contributed by atoms with Crippen LogP contribution in [0.25, 0.3) is 10.9 Å². The molecule has 0 atom stereocenters. The summed E-state index contributed by atoms with van der Waals surface area (Å²) in [5.41, 5.74) is 6.83. The fraction of sp³-hybridized carbons (Fsp3) is 0.100. The Morgan fingerprint density at radius 1 is 1.36 bits per heavy atom. The Balaban J connectivity index is 3.03. The number of halogens is 1. The SMILES string of the molecule is Cn1c(=O)cc(N)c2ccc(Cl)cc21. The Hall–Kier alpha value is -1.48. The Morgan fingerprint density at radius 2 is 2.07 bits per heavy atom. The van der Waals surface area contributed by atoms with Crippen LogP contribution >= 0.6 is 11.6 Å². The normalized spacial score (nSPS) is 10.7. The van der Waals surface area contributed by atoms with Crippen molar-refractivity contribution in [2.75, 3.05) is 5.73 Å². The number of nitrogens with zero attached hydrogens (tertiary/aromatic N) is 1. The molecular weight excluding hydrogens is 200 g/mol. The zero-order valence-corrected chi connectivity index (χ0v) is 8.38. The smallest absolute Gasteiger partial charge is 0.252 e. The second-order valence-electron chi connectivity index (χ2n) is 3.16. The zero-order valence-electron chi connectivity index (χ0n) is 7.62. The first kappa shape index (κ1) is 9.09. The number of hydrogen-bond donors (Lipinski definition) is 1. The van der Waals surface area contributed by atoms with Crippen LogP contribution in [0.15, 0.2) is 29.1 Å². The highest BCUT2D eigenvalue weighted by Crippen LogP contribution is 2.21. The standard InChI is InChI=1S/C10H9ClN2O/c1-13-9-4-6(11)2-3-7(9)8(12)5-10(13)14/h2-5H,12H2,1H3. The van der Waals surface area contributed by atoms with Crippen molar-refractivity contribution in [1.29, 1.82) is 0 Å². The van der Waals surface area contributed by atoms with Gasteiger partial charge in [0.2, 0.25) is 0 Å². The Bertz CT molecular complexity index is 560. The molecule has 0 radical (unpaired) electrons. The predicted molar refractivity (Wildman–Crippen MR) is 58.6 cm³/mol. The number of hydrogen-bond acceptors (Lipinski definition) is 2. The molecule has 0 bridgehead atoms. The van der Waals surface area contributed by atoms with Gasteiger partial charge in [-0.15, -0.1) is 0 Å². The first-order valence-corrected chi connectivity index (χ1v) is 4.52. The largest absolute Gasteiger partial charge is 0.398 e. The van der Waals surface area contributed by atoms with Crippen molar-refractivity contribution in [3.8, 4) is 0 Å². The maximum atomic E-state index is 11.4. The van der Waals surface area contributed by atoms with E-state index in [1.807, 2.05) is 6.07 Å². The minimum absolute atomic E-state index is 0.128. The highest BCUT2D eigenvalue weighted by molar-refractivity contribution is 6.31. The van der Waals surface area contributed by atoms with E-state index in [9.17, 15) is 4.79 Å². The molecular formula is C10H9ClN2O. The van der Waals surface area contributed by atoms with E-state index in [1.165, 1.54) is 10.6 Å². The molecule has 72 valence electrons. The van der Waals surface area contributed by atoms with Crippen LogP contribution in [-0.2, 0) is 7.05 Å². The van der Waals surface area contributed by atoms with Gasteiger partial charge in [-0.1, -0.05) is 11.6 Å². The van der Waals surface area contributed by atoms with E-state index in [0.717, 1.165) is 10.9 Å². The second-order valence-corrected chi connectivity index (χ2v) is 3.59. The molecule has 0 amide bonds. The molecule has 0 saturated carbocycles. The number of rotatable bonds is 0. The average molecular weight is 209 g/mol. The molecule has 0 spiro atoms. The van der Waals surface area contributed by atoms with E-state index < -0.39 is 0 Å². The molecule has 14 heavy (non-hydrogen) atoms. The Kier molecular flexibility index (Phi) is 1.97. The first-order valence-electron chi connectivity index (χ1n) is 4.14. The molecule has 1 heterocycles. The summed E-state index contributed by atoms with van der Waals surface area (Å²) in [7, 11) is 1.69. The summed E-state index contributed by atoms with van der Waals surface area (Å²) in [6, 6.07) is 6.71. The number of benzene rings is 1.